The maximum absolute atomic E-state index is 13.4. The molecule has 2 saturated carbocycles. The molecule has 5 rings (SSSR count). The van der Waals surface area contributed by atoms with E-state index in [1.165, 1.54) is 18.9 Å². The molecule has 1 saturated heterocycles. The second-order valence-electron chi connectivity index (χ2n) is 9.51. The molecule has 0 amide bonds. The first-order valence-corrected chi connectivity index (χ1v) is 10.1. The average molecular weight is 374 g/mol. The topological polar surface area (TPSA) is 98.0 Å². The number of hydrogen-bond acceptors (Lipinski definition) is 5. The molecule has 0 radical (unpaired) electrons. The summed E-state index contributed by atoms with van der Waals surface area (Å²) >= 11 is 0. The highest BCUT2D eigenvalue weighted by atomic mass is 16.3. The molecule has 27 heavy (non-hydrogen) atoms. The molecule has 4 aliphatic rings. The summed E-state index contributed by atoms with van der Waals surface area (Å²) in [5.41, 5.74) is -1.50. The van der Waals surface area contributed by atoms with Gasteiger partial charge in [0.15, 0.2) is 17.3 Å². The fourth-order valence-electron chi connectivity index (χ4n) is 6.52. The fraction of sp³-hybridized carbons (Fsp3) is 0.667. The number of Topliss-reactive ketones (excluding diaryl/α,β-unsaturated/α-hetero) is 1. The van der Waals surface area contributed by atoms with Gasteiger partial charge in [0.25, 0.3) is 0 Å². The van der Waals surface area contributed by atoms with E-state index < -0.39 is 22.9 Å². The molecule has 146 valence electrons. The summed E-state index contributed by atoms with van der Waals surface area (Å²) in [5.74, 6) is -0.311. The van der Waals surface area contributed by atoms with E-state index in [0.717, 1.165) is 23.1 Å². The maximum atomic E-state index is 13.4. The van der Waals surface area contributed by atoms with E-state index in [2.05, 4.69) is 7.05 Å². The summed E-state index contributed by atoms with van der Waals surface area (Å²) in [6, 6.07) is 3.07. The molecular weight excluding hydrogens is 346 g/mol. The number of benzene rings is 1. The first-order valence-electron chi connectivity index (χ1n) is 10.1. The third kappa shape index (κ3) is 2.04. The average Bonchev–Trinajstić information content (AvgIpc) is 3.43. The Morgan fingerprint density at radius 2 is 1.93 bits per heavy atom. The number of phenolic OH excluding ortho intramolecular Hbond substituents is 2. The Balaban J connectivity index is 1.76. The minimum absolute atomic E-state index is 0.153. The number of aliphatic hydroxyl groups is 2. The van der Waals surface area contributed by atoms with E-state index in [1.807, 2.05) is 0 Å². The number of nitrogens with zero attached hydrogens (tertiary/aromatic N) is 1. The summed E-state index contributed by atoms with van der Waals surface area (Å²) in [7, 11) is 2.19. The molecular formula is C21H28NO5+. The number of fused-ring (bicyclic) bond motifs is 1. The Morgan fingerprint density at radius 1 is 1.19 bits per heavy atom. The van der Waals surface area contributed by atoms with Crippen LogP contribution >= 0.6 is 0 Å². The summed E-state index contributed by atoms with van der Waals surface area (Å²) in [6.07, 6.45) is 2.83. The third-order valence-corrected chi connectivity index (χ3v) is 8.02. The predicted octanol–water partition coefficient (Wildman–Crippen LogP) is 0.975. The van der Waals surface area contributed by atoms with Crippen LogP contribution in [0.3, 0.4) is 0 Å². The van der Waals surface area contributed by atoms with Gasteiger partial charge >= 0.3 is 0 Å². The standard InChI is InChI=1S/C21H27NO5/c1-22(11-12-2-3-12)9-8-20-17-13(4-5-14(23)18(17)25)10-16(22)21(20,27)7-6-15(24)19(20)26/h4-5,12,15-16,24,27H,2-3,6-11H2,1H3,(H-,23,25)/p+1/t15?,16-,20+,21-,22?/m1/s1. The molecule has 3 aliphatic carbocycles. The van der Waals surface area contributed by atoms with Crippen LogP contribution < -0.4 is 0 Å². The van der Waals surface area contributed by atoms with Gasteiger partial charge in [-0.05, 0) is 37.3 Å². The summed E-state index contributed by atoms with van der Waals surface area (Å²) < 4.78 is 0.730. The van der Waals surface area contributed by atoms with Crippen LogP contribution in [0, 0.1) is 5.92 Å². The van der Waals surface area contributed by atoms with Crippen LogP contribution in [-0.2, 0) is 16.6 Å². The molecule has 1 aromatic rings. The number of piperidine rings is 1. The Kier molecular flexibility index (Phi) is 3.39. The number of quaternary nitrogens is 1. The third-order valence-electron chi connectivity index (χ3n) is 8.02. The Morgan fingerprint density at radius 3 is 2.63 bits per heavy atom. The van der Waals surface area contributed by atoms with Crippen molar-refractivity contribution in [2.24, 2.45) is 5.92 Å². The largest absolute Gasteiger partial charge is 0.504 e. The van der Waals surface area contributed by atoms with Crippen molar-refractivity contribution in [3.05, 3.63) is 23.3 Å². The number of hydrogen-bond donors (Lipinski definition) is 4. The van der Waals surface area contributed by atoms with Crippen molar-refractivity contribution in [2.75, 3.05) is 20.1 Å². The quantitative estimate of drug-likeness (QED) is 0.457. The molecule has 3 fully saturated rings. The first kappa shape index (κ1) is 17.5. The van der Waals surface area contributed by atoms with Crippen molar-refractivity contribution < 1.29 is 29.7 Å². The molecule has 6 nitrogen and oxygen atoms in total. The van der Waals surface area contributed by atoms with Gasteiger partial charge in [-0.1, -0.05) is 6.07 Å². The van der Waals surface area contributed by atoms with Gasteiger partial charge in [-0.2, -0.15) is 0 Å². The molecule has 0 spiro atoms. The second-order valence-corrected chi connectivity index (χ2v) is 9.51. The van der Waals surface area contributed by atoms with Crippen LogP contribution in [0.5, 0.6) is 11.5 Å². The Hall–Kier alpha value is -1.63. The highest BCUT2D eigenvalue weighted by Gasteiger charge is 2.73. The maximum Gasteiger partial charge on any atom is 0.175 e. The monoisotopic (exact) mass is 374 g/mol. The van der Waals surface area contributed by atoms with Gasteiger partial charge in [0, 0.05) is 24.3 Å². The van der Waals surface area contributed by atoms with Crippen LogP contribution in [0.2, 0.25) is 0 Å². The van der Waals surface area contributed by atoms with E-state index in [9.17, 15) is 25.2 Å². The fourth-order valence-corrected chi connectivity index (χ4v) is 6.52. The number of carbonyl (C=O) groups excluding carboxylic acids is 1. The lowest BCUT2D eigenvalue weighted by Gasteiger charge is -2.64. The molecule has 5 atom stereocenters. The molecule has 2 unspecified atom stereocenters. The van der Waals surface area contributed by atoms with Crippen molar-refractivity contribution >= 4 is 5.78 Å². The summed E-state index contributed by atoms with van der Waals surface area (Å²) in [4.78, 5) is 13.4. The van der Waals surface area contributed by atoms with Crippen molar-refractivity contribution in [1.29, 1.82) is 0 Å². The second kappa shape index (κ2) is 5.25. The van der Waals surface area contributed by atoms with Gasteiger partial charge in [-0.25, -0.2) is 0 Å². The summed E-state index contributed by atoms with van der Waals surface area (Å²) in [5, 5.41) is 43.2. The predicted molar refractivity (Wildman–Crippen MR) is 97.4 cm³/mol. The number of likely N-dealkylation sites (N-methyl/N-ethyl adjacent to an activating group) is 1. The minimum atomic E-state index is -1.34. The molecule has 1 aliphatic heterocycles. The van der Waals surface area contributed by atoms with Gasteiger partial charge in [0.05, 0.1) is 20.1 Å². The van der Waals surface area contributed by atoms with Crippen LogP contribution in [0.1, 0.15) is 43.2 Å². The van der Waals surface area contributed by atoms with Crippen LogP contribution in [0.15, 0.2) is 12.1 Å². The zero-order valence-corrected chi connectivity index (χ0v) is 15.7. The van der Waals surface area contributed by atoms with Crippen molar-refractivity contribution in [1.82, 2.24) is 0 Å². The first-order chi connectivity index (χ1) is 12.7. The van der Waals surface area contributed by atoms with Crippen molar-refractivity contribution in [3.8, 4) is 11.5 Å². The van der Waals surface area contributed by atoms with Gasteiger partial charge in [-0.15, -0.1) is 0 Å². The van der Waals surface area contributed by atoms with E-state index in [4.69, 9.17) is 0 Å². The smallest absolute Gasteiger partial charge is 0.175 e. The Bertz CT molecular complexity index is 836. The molecule has 6 heteroatoms. The van der Waals surface area contributed by atoms with Gasteiger partial charge in [0.1, 0.15) is 23.2 Å². The number of likely N-dealkylation sites (tertiary alicyclic amines) is 1. The van der Waals surface area contributed by atoms with Crippen LogP contribution in [0.4, 0.5) is 0 Å². The van der Waals surface area contributed by atoms with Crippen molar-refractivity contribution in [2.45, 2.75) is 61.7 Å². The number of carbonyl (C=O) groups is 1. The SMILES string of the molecule is C[N+]1(CC2CC2)CC[C@]23C(=O)C(O)CC[C@@]2(O)[C@H]1Cc1ccc(O)c(O)c13. The number of phenols is 2. The minimum Gasteiger partial charge on any atom is -0.504 e. The molecule has 1 heterocycles. The van der Waals surface area contributed by atoms with Crippen LogP contribution in [-0.4, -0.2) is 68.6 Å². The van der Waals surface area contributed by atoms with E-state index in [1.54, 1.807) is 6.07 Å². The zero-order valence-electron chi connectivity index (χ0n) is 15.7. The van der Waals surface area contributed by atoms with Gasteiger partial charge in [-0.3, -0.25) is 4.79 Å². The lowest BCUT2D eigenvalue weighted by Crippen LogP contribution is -2.81. The summed E-state index contributed by atoms with van der Waals surface area (Å²) in [6.45, 7) is 1.72. The lowest BCUT2D eigenvalue weighted by molar-refractivity contribution is -0.950. The highest BCUT2D eigenvalue weighted by Crippen LogP contribution is 2.61. The molecule has 1 aromatic carbocycles. The number of aliphatic hydroxyl groups excluding tert-OH is 1. The lowest BCUT2D eigenvalue weighted by atomic mass is 9.48. The molecule has 2 bridgehead atoms. The van der Waals surface area contributed by atoms with E-state index in [0.29, 0.717) is 30.7 Å². The van der Waals surface area contributed by atoms with Gasteiger partial charge in [0.2, 0.25) is 0 Å². The zero-order chi connectivity index (χ0) is 19.2. The number of rotatable bonds is 2. The van der Waals surface area contributed by atoms with E-state index in [-0.39, 0.29) is 24.0 Å². The molecule has 0 aromatic heterocycles. The molecule has 4 N–H and O–H groups in total. The van der Waals surface area contributed by atoms with Crippen LogP contribution in [0.25, 0.3) is 0 Å². The van der Waals surface area contributed by atoms with Gasteiger partial charge < -0.3 is 24.9 Å². The van der Waals surface area contributed by atoms with Crippen molar-refractivity contribution in [3.63, 3.8) is 0 Å². The Labute approximate surface area is 158 Å². The number of aromatic hydroxyl groups is 2. The number of ketones is 1. The highest BCUT2D eigenvalue weighted by molar-refractivity contribution is 5.98. The van der Waals surface area contributed by atoms with E-state index >= 15 is 0 Å². The normalized spacial score (nSPS) is 43.1.